The van der Waals surface area contributed by atoms with Gasteiger partial charge in [0, 0.05) is 46.3 Å². The van der Waals surface area contributed by atoms with E-state index in [2.05, 4.69) is 10.2 Å². The minimum atomic E-state index is -3.23. The summed E-state index contributed by atoms with van der Waals surface area (Å²) in [6.45, 7) is 0. The fourth-order valence-corrected chi connectivity index (χ4v) is 3.49. The molecular formula is C17H13ClF3N3O. The van der Waals surface area contributed by atoms with E-state index in [4.69, 9.17) is 11.6 Å². The zero-order chi connectivity index (χ0) is 17.8. The highest BCUT2D eigenvalue weighted by Gasteiger charge is 2.46. The number of nitrogens with zero attached hydrogens (tertiary/aromatic N) is 2. The molecule has 0 aliphatic heterocycles. The summed E-state index contributed by atoms with van der Waals surface area (Å²) < 4.78 is 43.5. The maximum Gasteiger partial charge on any atom is 0.278 e. The van der Waals surface area contributed by atoms with Crippen molar-refractivity contribution in [1.29, 1.82) is 0 Å². The third-order valence-electron chi connectivity index (χ3n) is 4.42. The molecule has 1 aromatic carbocycles. The zero-order valence-corrected chi connectivity index (χ0v) is 13.6. The first-order chi connectivity index (χ1) is 11.9. The second kappa shape index (κ2) is 5.64. The molecule has 2 N–H and O–H groups in total. The van der Waals surface area contributed by atoms with Crippen molar-refractivity contribution in [3.8, 4) is 16.9 Å². The Labute approximate surface area is 145 Å². The van der Waals surface area contributed by atoms with Crippen LogP contribution in [0.4, 0.5) is 13.2 Å². The van der Waals surface area contributed by atoms with E-state index in [-0.39, 0.29) is 17.0 Å². The number of halogens is 4. The van der Waals surface area contributed by atoms with Gasteiger partial charge in [-0.1, -0.05) is 11.6 Å². The molecule has 0 amide bonds. The topological polar surface area (TPSA) is 53.8 Å². The normalized spacial score (nSPS) is 19.0. The van der Waals surface area contributed by atoms with Gasteiger partial charge in [-0.05, 0) is 30.7 Å². The van der Waals surface area contributed by atoms with Crippen LogP contribution >= 0.6 is 11.6 Å². The Bertz CT molecular complexity index is 917. The number of nitrogens with one attached hydrogen (secondary N) is 1. The molecule has 130 valence electrons. The number of aliphatic hydroxyl groups is 1. The van der Waals surface area contributed by atoms with Crippen LogP contribution in [0.25, 0.3) is 16.9 Å². The van der Waals surface area contributed by atoms with Gasteiger partial charge in [0.2, 0.25) is 0 Å². The number of fused-ring (bicyclic) bond motifs is 1. The minimum Gasteiger partial charge on any atom is -0.382 e. The second-order valence-electron chi connectivity index (χ2n) is 6.02. The quantitative estimate of drug-likeness (QED) is 0.710. The minimum absolute atomic E-state index is 0.0396. The summed E-state index contributed by atoms with van der Waals surface area (Å²) in [5, 5.41) is 17.1. The van der Waals surface area contributed by atoms with Crippen LogP contribution in [0.3, 0.4) is 0 Å². The van der Waals surface area contributed by atoms with E-state index in [1.807, 2.05) is 0 Å². The van der Waals surface area contributed by atoms with Crippen molar-refractivity contribution >= 4 is 11.6 Å². The van der Waals surface area contributed by atoms with Gasteiger partial charge in [0.15, 0.2) is 0 Å². The molecule has 1 aliphatic carbocycles. The summed E-state index contributed by atoms with van der Waals surface area (Å²) in [6, 6.07) is 5.59. The summed E-state index contributed by atoms with van der Waals surface area (Å²) in [5.74, 6) is -3.77. The van der Waals surface area contributed by atoms with Crippen molar-refractivity contribution in [1.82, 2.24) is 14.8 Å². The molecule has 0 saturated carbocycles. The van der Waals surface area contributed by atoms with Crippen molar-refractivity contribution in [3.05, 3.63) is 58.8 Å². The third-order valence-corrected chi connectivity index (χ3v) is 4.64. The lowest BCUT2D eigenvalue weighted by molar-refractivity contribution is -0.121. The van der Waals surface area contributed by atoms with Gasteiger partial charge in [-0.25, -0.2) is 13.2 Å². The van der Waals surface area contributed by atoms with Crippen LogP contribution < -0.4 is 0 Å². The molecule has 25 heavy (non-hydrogen) atoms. The Morgan fingerprint density at radius 3 is 2.80 bits per heavy atom. The molecule has 0 fully saturated rings. The van der Waals surface area contributed by atoms with Crippen LogP contribution in [0.2, 0.25) is 5.02 Å². The van der Waals surface area contributed by atoms with Crippen LogP contribution in [0.15, 0.2) is 36.7 Å². The van der Waals surface area contributed by atoms with E-state index in [1.165, 1.54) is 12.1 Å². The van der Waals surface area contributed by atoms with Crippen molar-refractivity contribution in [2.45, 2.75) is 24.9 Å². The Hall–Kier alpha value is -2.25. The highest BCUT2D eigenvalue weighted by Crippen LogP contribution is 2.46. The summed E-state index contributed by atoms with van der Waals surface area (Å²) >= 11 is 5.92. The van der Waals surface area contributed by atoms with E-state index < -0.39 is 24.3 Å². The molecular weight excluding hydrogens is 355 g/mol. The molecule has 0 radical (unpaired) electrons. The number of aliphatic hydroxyl groups excluding tert-OH is 1. The number of rotatable bonds is 2. The first kappa shape index (κ1) is 16.2. The van der Waals surface area contributed by atoms with E-state index in [0.29, 0.717) is 22.6 Å². The van der Waals surface area contributed by atoms with Gasteiger partial charge >= 0.3 is 0 Å². The van der Waals surface area contributed by atoms with Crippen LogP contribution in [-0.4, -0.2) is 25.8 Å². The molecule has 0 saturated heterocycles. The Balaban J connectivity index is 1.97. The van der Waals surface area contributed by atoms with Gasteiger partial charge in [-0.2, -0.15) is 5.10 Å². The second-order valence-corrected chi connectivity index (χ2v) is 6.46. The maximum atomic E-state index is 14.1. The number of H-pyrrole nitrogens is 1. The number of aromatic amines is 1. The lowest BCUT2D eigenvalue weighted by Crippen LogP contribution is -2.32. The van der Waals surface area contributed by atoms with Crippen molar-refractivity contribution in [2.24, 2.45) is 0 Å². The standard InChI is InChI=1S/C17H13ClF3N3O/c18-9-5-10(19)7-11(6-9)24-8-12(13-2-4-22-23-13)15-14(24)1-3-17(20,21)16(15)25/h2,4-8,16,25H,1,3H2,(H,22,23). The monoisotopic (exact) mass is 367 g/mol. The van der Waals surface area contributed by atoms with Crippen molar-refractivity contribution in [3.63, 3.8) is 0 Å². The summed E-state index contributed by atoms with van der Waals surface area (Å²) in [7, 11) is 0. The van der Waals surface area contributed by atoms with Gasteiger partial charge in [0.1, 0.15) is 11.9 Å². The fraction of sp³-hybridized carbons (Fsp3) is 0.235. The Morgan fingerprint density at radius 2 is 2.12 bits per heavy atom. The molecule has 2 heterocycles. The van der Waals surface area contributed by atoms with E-state index in [0.717, 1.165) is 0 Å². The first-order valence-corrected chi connectivity index (χ1v) is 8.01. The van der Waals surface area contributed by atoms with Crippen LogP contribution in [0, 0.1) is 5.82 Å². The molecule has 3 aromatic rings. The van der Waals surface area contributed by atoms with E-state index >= 15 is 0 Å². The lowest BCUT2D eigenvalue weighted by Gasteiger charge is -2.29. The average Bonchev–Trinajstić information content (AvgIpc) is 3.17. The van der Waals surface area contributed by atoms with Crippen LogP contribution in [-0.2, 0) is 6.42 Å². The van der Waals surface area contributed by atoms with Crippen molar-refractivity contribution in [2.75, 3.05) is 0 Å². The highest BCUT2D eigenvalue weighted by molar-refractivity contribution is 6.30. The largest absolute Gasteiger partial charge is 0.382 e. The first-order valence-electron chi connectivity index (χ1n) is 7.63. The van der Waals surface area contributed by atoms with Gasteiger partial charge in [0.25, 0.3) is 5.92 Å². The fourth-order valence-electron chi connectivity index (χ4n) is 3.28. The average molecular weight is 368 g/mol. The molecule has 4 rings (SSSR count). The summed E-state index contributed by atoms with van der Waals surface area (Å²) in [4.78, 5) is 0. The molecule has 1 atom stereocenters. The molecule has 0 spiro atoms. The lowest BCUT2D eigenvalue weighted by atomic mass is 9.88. The SMILES string of the molecule is OC1c2c(-c3cc[nH]n3)cn(-c3cc(F)cc(Cl)c3)c2CCC1(F)F. The Kier molecular flexibility index (Phi) is 3.66. The summed E-state index contributed by atoms with van der Waals surface area (Å²) in [6.07, 6.45) is 0.738. The number of benzene rings is 1. The number of alkyl halides is 2. The van der Waals surface area contributed by atoms with Gasteiger partial charge in [0.05, 0.1) is 5.69 Å². The predicted molar refractivity (Wildman–Crippen MR) is 86.5 cm³/mol. The smallest absolute Gasteiger partial charge is 0.278 e. The molecule has 1 unspecified atom stereocenters. The van der Waals surface area contributed by atoms with Crippen LogP contribution in [0.1, 0.15) is 23.8 Å². The van der Waals surface area contributed by atoms with E-state index in [9.17, 15) is 18.3 Å². The number of hydrogen-bond donors (Lipinski definition) is 2. The Morgan fingerprint density at radius 1 is 1.32 bits per heavy atom. The number of aromatic nitrogens is 3. The molecule has 4 nitrogen and oxygen atoms in total. The highest BCUT2D eigenvalue weighted by atomic mass is 35.5. The number of hydrogen-bond acceptors (Lipinski definition) is 2. The van der Waals surface area contributed by atoms with E-state index in [1.54, 1.807) is 29.1 Å². The molecule has 8 heteroatoms. The predicted octanol–water partition coefficient (Wildman–Crippen LogP) is 4.27. The maximum absolute atomic E-state index is 14.1. The third kappa shape index (κ3) is 2.63. The molecule has 1 aliphatic rings. The van der Waals surface area contributed by atoms with Gasteiger partial charge in [-0.3, -0.25) is 5.10 Å². The zero-order valence-electron chi connectivity index (χ0n) is 12.8. The summed E-state index contributed by atoms with van der Waals surface area (Å²) in [5.41, 5.74) is 1.82. The van der Waals surface area contributed by atoms with Crippen LogP contribution in [0.5, 0.6) is 0 Å². The molecule has 2 aromatic heterocycles. The van der Waals surface area contributed by atoms with Gasteiger partial charge in [-0.15, -0.1) is 0 Å². The van der Waals surface area contributed by atoms with Crippen molar-refractivity contribution < 1.29 is 18.3 Å². The molecule has 0 bridgehead atoms. The van der Waals surface area contributed by atoms with Gasteiger partial charge < -0.3 is 9.67 Å².